The molecule has 1 aromatic carbocycles. The molecule has 1 aliphatic heterocycles. The van der Waals surface area contributed by atoms with E-state index in [9.17, 15) is 14.4 Å². The van der Waals surface area contributed by atoms with Crippen molar-refractivity contribution in [2.75, 3.05) is 17.7 Å². The van der Waals surface area contributed by atoms with Crippen molar-refractivity contribution in [3.8, 4) is 0 Å². The quantitative estimate of drug-likeness (QED) is 0.229. The van der Waals surface area contributed by atoms with Crippen molar-refractivity contribution in [2.45, 2.75) is 51.2 Å². The van der Waals surface area contributed by atoms with Crippen LogP contribution in [0.5, 0.6) is 0 Å². The number of ether oxygens (including phenoxy) is 1. The van der Waals surface area contributed by atoms with E-state index in [1.54, 1.807) is 30.0 Å². The van der Waals surface area contributed by atoms with E-state index in [-0.39, 0.29) is 36.8 Å². The number of aromatic nitrogens is 4. The van der Waals surface area contributed by atoms with Gasteiger partial charge in [0.1, 0.15) is 40.8 Å². The average molecular weight is 606 g/mol. The largest absolute Gasteiger partial charge is 0.466 e. The van der Waals surface area contributed by atoms with Crippen molar-refractivity contribution >= 4 is 67.3 Å². The Balaban J connectivity index is 1.28. The van der Waals surface area contributed by atoms with Gasteiger partial charge in [-0.25, -0.2) is 15.0 Å². The van der Waals surface area contributed by atoms with Gasteiger partial charge >= 0.3 is 5.97 Å². The van der Waals surface area contributed by atoms with Crippen molar-refractivity contribution < 1.29 is 19.1 Å². The zero-order valence-corrected chi connectivity index (χ0v) is 23.4. The molecule has 3 N–H and O–H groups in total. The molecule has 3 atom stereocenters. The molecule has 12 heteroatoms. The molecule has 3 aromatic heterocycles. The molecule has 40 heavy (non-hydrogen) atoms. The number of rotatable bonds is 8. The molecule has 0 spiro atoms. The van der Waals surface area contributed by atoms with E-state index < -0.39 is 6.04 Å². The molecule has 1 aliphatic carbocycles. The van der Waals surface area contributed by atoms with Crippen LogP contribution in [0.1, 0.15) is 31.7 Å². The van der Waals surface area contributed by atoms with Gasteiger partial charge in [-0.05, 0) is 77.9 Å². The van der Waals surface area contributed by atoms with Crippen LogP contribution in [0.15, 0.2) is 47.3 Å². The number of anilines is 2. The SMILES string of the molecule is CCOC(=O)CCc1ccc2c(c1)c1c(N)ncnc1n2CC(=O)N1C2C[C@@H]2C[C@H]1C(=O)Nc1cccc(Br)n1. The number of nitrogens with zero attached hydrogens (tertiary/aromatic N) is 5. The maximum absolute atomic E-state index is 13.8. The Hall–Kier alpha value is -4.06. The minimum absolute atomic E-state index is 0.000755. The number of piperidine rings is 1. The van der Waals surface area contributed by atoms with Gasteiger partial charge in [0.15, 0.2) is 0 Å². The van der Waals surface area contributed by atoms with Gasteiger partial charge in [0.2, 0.25) is 11.8 Å². The normalized spacial score (nSPS) is 19.6. The lowest BCUT2D eigenvalue weighted by Crippen LogP contribution is -2.46. The molecular weight excluding hydrogens is 578 g/mol. The summed E-state index contributed by atoms with van der Waals surface area (Å²) in [7, 11) is 0. The van der Waals surface area contributed by atoms with Gasteiger partial charge in [0, 0.05) is 17.8 Å². The van der Waals surface area contributed by atoms with E-state index in [1.165, 1.54) is 6.33 Å². The van der Waals surface area contributed by atoms with E-state index in [1.807, 2.05) is 22.8 Å². The third-order valence-corrected chi connectivity index (χ3v) is 8.05. The molecule has 0 radical (unpaired) electrons. The van der Waals surface area contributed by atoms with Crippen molar-refractivity contribution in [1.29, 1.82) is 0 Å². The number of hydrogen-bond donors (Lipinski definition) is 2. The summed E-state index contributed by atoms with van der Waals surface area (Å²) in [5.41, 5.74) is 8.54. The van der Waals surface area contributed by atoms with Crippen LogP contribution in [0.25, 0.3) is 21.9 Å². The molecule has 1 unspecified atom stereocenters. The highest BCUT2D eigenvalue weighted by Crippen LogP contribution is 2.48. The summed E-state index contributed by atoms with van der Waals surface area (Å²) in [5, 5.41) is 4.32. The number of carbonyl (C=O) groups is 3. The monoisotopic (exact) mass is 605 g/mol. The van der Waals surface area contributed by atoms with Gasteiger partial charge in [0.25, 0.3) is 0 Å². The fourth-order valence-electron chi connectivity index (χ4n) is 5.73. The van der Waals surface area contributed by atoms with Crippen LogP contribution in [0.3, 0.4) is 0 Å². The molecule has 2 fully saturated rings. The molecule has 0 bridgehead atoms. The number of amides is 2. The zero-order valence-electron chi connectivity index (χ0n) is 21.8. The fourth-order valence-corrected chi connectivity index (χ4v) is 6.08. The summed E-state index contributed by atoms with van der Waals surface area (Å²) in [4.78, 5) is 53.6. The number of aryl methyl sites for hydroxylation is 1. The minimum Gasteiger partial charge on any atom is -0.466 e. The Bertz CT molecular complexity index is 1650. The molecule has 11 nitrogen and oxygen atoms in total. The number of benzene rings is 1. The van der Waals surface area contributed by atoms with Crippen molar-refractivity contribution in [3.63, 3.8) is 0 Å². The lowest BCUT2D eigenvalue weighted by molar-refractivity contribution is -0.143. The van der Waals surface area contributed by atoms with Gasteiger partial charge in [-0.3, -0.25) is 14.4 Å². The van der Waals surface area contributed by atoms with Crippen LogP contribution in [-0.2, 0) is 32.1 Å². The second-order valence-electron chi connectivity index (χ2n) is 10.2. The van der Waals surface area contributed by atoms with E-state index in [2.05, 4.69) is 36.2 Å². The smallest absolute Gasteiger partial charge is 0.306 e. The van der Waals surface area contributed by atoms with Gasteiger partial charge < -0.3 is 25.3 Å². The lowest BCUT2D eigenvalue weighted by atomic mass is 10.1. The van der Waals surface area contributed by atoms with E-state index >= 15 is 0 Å². The number of esters is 1. The van der Waals surface area contributed by atoms with Crippen LogP contribution in [0.4, 0.5) is 11.6 Å². The number of nitrogens with one attached hydrogen (secondary N) is 1. The Morgan fingerprint density at radius 2 is 2.02 bits per heavy atom. The van der Waals surface area contributed by atoms with E-state index in [4.69, 9.17) is 10.5 Å². The summed E-state index contributed by atoms with van der Waals surface area (Å²) in [6.45, 7) is 2.12. The highest BCUT2D eigenvalue weighted by molar-refractivity contribution is 9.10. The maximum Gasteiger partial charge on any atom is 0.306 e. The number of halogens is 1. The first-order valence-corrected chi connectivity index (χ1v) is 14.0. The number of fused-ring (bicyclic) bond motifs is 4. The Labute approximate surface area is 238 Å². The van der Waals surface area contributed by atoms with Gasteiger partial charge in [-0.1, -0.05) is 12.1 Å². The zero-order chi connectivity index (χ0) is 28.0. The number of nitrogens with two attached hydrogens (primary N) is 1. The predicted octanol–water partition coefficient (Wildman–Crippen LogP) is 3.45. The summed E-state index contributed by atoms with van der Waals surface area (Å²) < 4.78 is 7.50. The first kappa shape index (κ1) is 26.2. The number of likely N-dealkylation sites (tertiary alicyclic amines) is 1. The van der Waals surface area contributed by atoms with Crippen LogP contribution >= 0.6 is 15.9 Å². The predicted molar refractivity (Wildman–Crippen MR) is 152 cm³/mol. The minimum atomic E-state index is -0.570. The van der Waals surface area contributed by atoms with Crippen LogP contribution in [0.2, 0.25) is 0 Å². The van der Waals surface area contributed by atoms with E-state index in [0.717, 1.165) is 22.9 Å². The van der Waals surface area contributed by atoms with Crippen molar-refractivity contribution in [2.24, 2.45) is 5.92 Å². The number of pyridine rings is 1. The van der Waals surface area contributed by atoms with Crippen molar-refractivity contribution in [3.05, 3.63) is 52.9 Å². The Kier molecular flexibility index (Phi) is 6.87. The second-order valence-corrected chi connectivity index (χ2v) is 11.0. The fraction of sp³-hybridized carbons (Fsp3) is 0.357. The molecule has 1 saturated heterocycles. The van der Waals surface area contributed by atoms with Crippen LogP contribution in [0, 0.1) is 5.92 Å². The van der Waals surface area contributed by atoms with E-state index in [0.29, 0.717) is 52.6 Å². The summed E-state index contributed by atoms with van der Waals surface area (Å²) in [6.07, 6.45) is 3.68. The topological polar surface area (TPSA) is 145 Å². The molecular formula is C28H28BrN7O4. The third-order valence-electron chi connectivity index (χ3n) is 7.61. The van der Waals surface area contributed by atoms with Crippen molar-refractivity contribution in [1.82, 2.24) is 24.4 Å². The van der Waals surface area contributed by atoms with Gasteiger partial charge in [-0.2, -0.15) is 0 Å². The van der Waals surface area contributed by atoms with Crippen LogP contribution < -0.4 is 11.1 Å². The number of nitrogen functional groups attached to an aromatic ring is 1. The van der Waals surface area contributed by atoms with Crippen LogP contribution in [-0.4, -0.2) is 60.9 Å². The van der Waals surface area contributed by atoms with Gasteiger partial charge in [-0.15, -0.1) is 0 Å². The Morgan fingerprint density at radius 3 is 2.83 bits per heavy atom. The molecule has 4 heterocycles. The summed E-state index contributed by atoms with van der Waals surface area (Å²) in [6, 6.07) is 10.6. The Morgan fingerprint density at radius 1 is 1.18 bits per heavy atom. The second kappa shape index (κ2) is 10.5. The molecule has 206 valence electrons. The summed E-state index contributed by atoms with van der Waals surface area (Å²) in [5.74, 6) is 0.414. The lowest BCUT2D eigenvalue weighted by Gasteiger charge is -2.27. The highest BCUT2D eigenvalue weighted by Gasteiger charge is 2.56. The molecule has 6 rings (SSSR count). The first-order valence-electron chi connectivity index (χ1n) is 13.3. The van der Waals surface area contributed by atoms with Gasteiger partial charge in [0.05, 0.1) is 17.5 Å². The molecule has 2 amide bonds. The highest BCUT2D eigenvalue weighted by atomic mass is 79.9. The standard InChI is InChI=1S/C28H28BrN7O4/c1-2-40-24(38)9-7-15-6-8-18-17(10-15)25-26(30)31-14-32-27(25)35(18)13-23(37)36-19-11-16(19)12-20(36)28(39)34-22-5-3-4-21(29)33-22/h3-6,8,10,14,16,19-20H,2,7,9,11-13H2,1H3,(H2,30,31,32)(H,33,34,39)/t16-,19?,20+/m1/s1. The first-order chi connectivity index (χ1) is 19.3. The molecule has 1 saturated carbocycles. The summed E-state index contributed by atoms with van der Waals surface area (Å²) >= 11 is 3.32. The molecule has 2 aliphatic rings. The number of carbonyl (C=O) groups excluding carboxylic acids is 3. The average Bonchev–Trinajstić information content (AvgIpc) is 3.47. The molecule has 4 aromatic rings. The third kappa shape index (κ3) is 4.87. The maximum atomic E-state index is 13.8. The number of hydrogen-bond acceptors (Lipinski definition) is 8.